The second kappa shape index (κ2) is 8.34. The average molecular weight is 410 g/mol. The van der Waals surface area contributed by atoms with Crippen LogP contribution in [-0.4, -0.2) is 44.9 Å². The van der Waals surface area contributed by atoms with Gasteiger partial charge in [0.05, 0.1) is 19.3 Å². The van der Waals surface area contributed by atoms with Gasteiger partial charge in [-0.05, 0) is 42.8 Å². The number of hydrogen-bond acceptors (Lipinski definition) is 4. The molecule has 0 bridgehead atoms. The van der Waals surface area contributed by atoms with E-state index in [1.807, 2.05) is 0 Å². The Balaban J connectivity index is 1.82. The van der Waals surface area contributed by atoms with Crippen molar-refractivity contribution in [1.29, 1.82) is 0 Å². The highest BCUT2D eigenvalue weighted by Gasteiger charge is 2.30. The predicted molar refractivity (Wildman–Crippen MR) is 98.3 cm³/mol. The summed E-state index contributed by atoms with van der Waals surface area (Å²) in [6.07, 6.45) is 0. The van der Waals surface area contributed by atoms with Crippen molar-refractivity contribution in [1.82, 2.24) is 9.62 Å². The van der Waals surface area contributed by atoms with E-state index in [4.69, 9.17) is 4.74 Å². The minimum Gasteiger partial charge on any atom is -0.379 e. The van der Waals surface area contributed by atoms with Gasteiger partial charge in [0.15, 0.2) is 0 Å². The first kappa shape index (κ1) is 20.4. The molecule has 0 spiro atoms. The summed E-state index contributed by atoms with van der Waals surface area (Å²) >= 11 is 0. The lowest BCUT2D eigenvalue weighted by Crippen LogP contribution is -2.41. The first-order valence-corrected chi connectivity index (χ1v) is 10.2. The zero-order valence-electron chi connectivity index (χ0n) is 15.2. The summed E-state index contributed by atoms with van der Waals surface area (Å²) in [5.74, 6) is -1.87. The fraction of sp³-hybridized carbons (Fsp3) is 0.316. The number of halogens is 2. The van der Waals surface area contributed by atoms with Crippen LogP contribution in [-0.2, 0) is 14.8 Å². The molecular formula is C19H20F2N2O4S. The van der Waals surface area contributed by atoms with E-state index in [2.05, 4.69) is 5.32 Å². The molecule has 1 fully saturated rings. The summed E-state index contributed by atoms with van der Waals surface area (Å²) in [6.45, 7) is 2.42. The number of rotatable bonds is 5. The van der Waals surface area contributed by atoms with Gasteiger partial charge in [-0.15, -0.1) is 0 Å². The van der Waals surface area contributed by atoms with Gasteiger partial charge in [0.1, 0.15) is 16.5 Å². The van der Waals surface area contributed by atoms with Crippen LogP contribution in [0.25, 0.3) is 0 Å². The molecule has 0 aromatic heterocycles. The Labute approximate surface area is 162 Å². The van der Waals surface area contributed by atoms with E-state index in [-0.39, 0.29) is 31.9 Å². The largest absolute Gasteiger partial charge is 0.379 e. The van der Waals surface area contributed by atoms with Crippen LogP contribution in [0.1, 0.15) is 28.9 Å². The van der Waals surface area contributed by atoms with Gasteiger partial charge in [0.25, 0.3) is 5.91 Å². The highest BCUT2D eigenvalue weighted by molar-refractivity contribution is 7.89. The molecule has 1 heterocycles. The molecule has 0 unspecified atom stereocenters. The standard InChI is InChI=1S/C19H20F2N2O4S/c1-13(14-2-5-16(20)6-3-14)22-19(24)15-4-7-17(21)18(12-15)28(25,26)23-8-10-27-11-9-23/h2-7,12-13H,8-11H2,1H3,(H,22,24)/t13-/m0/s1. The van der Waals surface area contributed by atoms with E-state index in [9.17, 15) is 22.0 Å². The van der Waals surface area contributed by atoms with Crippen LogP contribution < -0.4 is 5.32 Å². The fourth-order valence-electron chi connectivity index (χ4n) is 2.88. The quantitative estimate of drug-likeness (QED) is 0.822. The van der Waals surface area contributed by atoms with Crippen molar-refractivity contribution in [2.24, 2.45) is 0 Å². The van der Waals surface area contributed by atoms with Crippen LogP contribution in [0.3, 0.4) is 0 Å². The Morgan fingerprint density at radius 2 is 1.75 bits per heavy atom. The third-order valence-electron chi connectivity index (χ3n) is 4.50. The summed E-state index contributed by atoms with van der Waals surface area (Å²) in [7, 11) is -4.08. The minimum absolute atomic E-state index is 0.0159. The van der Waals surface area contributed by atoms with Gasteiger partial charge in [-0.25, -0.2) is 17.2 Å². The second-order valence-corrected chi connectivity index (χ2v) is 8.31. The van der Waals surface area contributed by atoms with Crippen molar-refractivity contribution in [3.05, 3.63) is 65.2 Å². The van der Waals surface area contributed by atoms with Crippen molar-refractivity contribution < 1.29 is 26.7 Å². The van der Waals surface area contributed by atoms with Gasteiger partial charge >= 0.3 is 0 Å². The predicted octanol–water partition coefficient (Wildman–Crippen LogP) is 2.48. The number of hydrogen-bond donors (Lipinski definition) is 1. The summed E-state index contributed by atoms with van der Waals surface area (Å²) in [5, 5.41) is 2.70. The Morgan fingerprint density at radius 3 is 2.39 bits per heavy atom. The van der Waals surface area contributed by atoms with Crippen LogP contribution in [0.15, 0.2) is 47.4 Å². The molecule has 150 valence electrons. The maximum absolute atomic E-state index is 14.2. The molecule has 1 N–H and O–H groups in total. The number of amides is 1. The van der Waals surface area contributed by atoms with Crippen LogP contribution in [0, 0.1) is 11.6 Å². The number of nitrogens with zero attached hydrogens (tertiary/aromatic N) is 1. The van der Waals surface area contributed by atoms with E-state index in [1.54, 1.807) is 19.1 Å². The monoisotopic (exact) mass is 410 g/mol. The molecule has 1 saturated heterocycles. The van der Waals surface area contributed by atoms with Gasteiger partial charge in [0, 0.05) is 18.7 Å². The Kier molecular flexibility index (Phi) is 6.07. The molecule has 0 saturated carbocycles. The molecule has 6 nitrogen and oxygen atoms in total. The number of carbonyl (C=O) groups is 1. The molecule has 1 atom stereocenters. The number of nitrogens with one attached hydrogen (secondary N) is 1. The number of sulfonamides is 1. The lowest BCUT2D eigenvalue weighted by molar-refractivity contribution is 0.0729. The average Bonchev–Trinajstić information content (AvgIpc) is 2.69. The highest BCUT2D eigenvalue weighted by Crippen LogP contribution is 2.22. The van der Waals surface area contributed by atoms with Crippen molar-refractivity contribution in [2.45, 2.75) is 17.9 Å². The Bertz CT molecular complexity index is 958. The zero-order valence-corrected chi connectivity index (χ0v) is 16.0. The van der Waals surface area contributed by atoms with Crippen LogP contribution in [0.2, 0.25) is 0 Å². The van der Waals surface area contributed by atoms with E-state index in [0.717, 1.165) is 16.4 Å². The van der Waals surface area contributed by atoms with E-state index < -0.39 is 38.5 Å². The number of carbonyl (C=O) groups excluding carboxylic acids is 1. The first-order chi connectivity index (χ1) is 13.3. The van der Waals surface area contributed by atoms with Crippen LogP contribution in [0.5, 0.6) is 0 Å². The van der Waals surface area contributed by atoms with Gasteiger partial charge in [0.2, 0.25) is 10.0 Å². The highest BCUT2D eigenvalue weighted by atomic mass is 32.2. The maximum atomic E-state index is 14.2. The molecule has 1 aliphatic heterocycles. The Hall–Kier alpha value is -2.36. The topological polar surface area (TPSA) is 75.7 Å². The van der Waals surface area contributed by atoms with Gasteiger partial charge in [-0.2, -0.15) is 4.31 Å². The molecule has 2 aromatic carbocycles. The Morgan fingerprint density at radius 1 is 1.11 bits per heavy atom. The molecule has 28 heavy (non-hydrogen) atoms. The molecular weight excluding hydrogens is 390 g/mol. The SMILES string of the molecule is C[C@H](NC(=O)c1ccc(F)c(S(=O)(=O)N2CCOCC2)c1)c1ccc(F)cc1. The smallest absolute Gasteiger partial charge is 0.251 e. The van der Waals surface area contributed by atoms with Crippen molar-refractivity contribution >= 4 is 15.9 Å². The number of ether oxygens (including phenoxy) is 1. The maximum Gasteiger partial charge on any atom is 0.251 e. The molecule has 3 rings (SSSR count). The van der Waals surface area contributed by atoms with E-state index in [0.29, 0.717) is 5.56 Å². The van der Waals surface area contributed by atoms with Crippen molar-refractivity contribution in [3.63, 3.8) is 0 Å². The number of morpholine rings is 1. The third kappa shape index (κ3) is 4.37. The minimum atomic E-state index is -4.08. The molecule has 1 aliphatic rings. The summed E-state index contributed by atoms with van der Waals surface area (Å²) in [4.78, 5) is 12.0. The van der Waals surface area contributed by atoms with Crippen LogP contribution >= 0.6 is 0 Å². The lowest BCUT2D eigenvalue weighted by atomic mass is 10.1. The van der Waals surface area contributed by atoms with Crippen molar-refractivity contribution in [3.8, 4) is 0 Å². The van der Waals surface area contributed by atoms with Crippen molar-refractivity contribution in [2.75, 3.05) is 26.3 Å². The summed E-state index contributed by atoms with van der Waals surface area (Å²) in [5.41, 5.74) is 0.695. The lowest BCUT2D eigenvalue weighted by Gasteiger charge is -2.26. The van der Waals surface area contributed by atoms with Gasteiger partial charge in [-0.1, -0.05) is 12.1 Å². The van der Waals surface area contributed by atoms with E-state index in [1.165, 1.54) is 18.2 Å². The molecule has 9 heteroatoms. The van der Waals surface area contributed by atoms with Crippen LogP contribution in [0.4, 0.5) is 8.78 Å². The summed E-state index contributed by atoms with van der Waals surface area (Å²) in [6, 6.07) is 8.42. The normalized spacial score (nSPS) is 16.5. The third-order valence-corrected chi connectivity index (χ3v) is 6.41. The van der Waals surface area contributed by atoms with E-state index >= 15 is 0 Å². The first-order valence-electron chi connectivity index (χ1n) is 8.73. The molecule has 0 aliphatic carbocycles. The zero-order chi connectivity index (χ0) is 20.3. The van der Waals surface area contributed by atoms with Gasteiger partial charge in [-0.3, -0.25) is 4.79 Å². The summed E-state index contributed by atoms with van der Waals surface area (Å²) < 4.78 is 59.0. The second-order valence-electron chi connectivity index (χ2n) is 6.41. The molecule has 0 radical (unpaired) electrons. The number of benzene rings is 2. The fourth-order valence-corrected chi connectivity index (χ4v) is 4.38. The van der Waals surface area contributed by atoms with Gasteiger partial charge < -0.3 is 10.1 Å². The molecule has 2 aromatic rings. The molecule has 1 amide bonds.